The highest BCUT2D eigenvalue weighted by atomic mass is 35.5. The zero-order valence-electron chi connectivity index (χ0n) is 13.8. The van der Waals surface area contributed by atoms with E-state index in [1.807, 2.05) is 30.3 Å². The van der Waals surface area contributed by atoms with E-state index in [1.54, 1.807) is 13.8 Å². The minimum atomic E-state index is -1.09. The third-order valence-corrected chi connectivity index (χ3v) is 4.21. The van der Waals surface area contributed by atoms with Crippen molar-refractivity contribution >= 4 is 34.9 Å². The van der Waals surface area contributed by atoms with Crippen molar-refractivity contribution in [3.05, 3.63) is 51.9 Å². The zero-order chi connectivity index (χ0) is 18.8. The van der Waals surface area contributed by atoms with Crippen LogP contribution in [0.5, 0.6) is 5.88 Å². The lowest BCUT2D eigenvalue weighted by molar-refractivity contribution is -0.165. The van der Waals surface area contributed by atoms with Gasteiger partial charge in [-0.15, -0.1) is 0 Å². The summed E-state index contributed by atoms with van der Waals surface area (Å²) in [5, 5.41) is -0.578. The molecule has 0 aliphatic heterocycles. The summed E-state index contributed by atoms with van der Waals surface area (Å²) in [6, 6.07) is 9.22. The Morgan fingerprint density at radius 1 is 1.24 bits per heavy atom. The average Bonchev–Trinajstić information content (AvgIpc) is 2.58. The number of hydrogen-bond donors (Lipinski definition) is 1. The van der Waals surface area contributed by atoms with Crippen molar-refractivity contribution in [2.24, 2.45) is 0 Å². The molecule has 2 rings (SSSR count). The van der Waals surface area contributed by atoms with Crippen molar-refractivity contribution < 1.29 is 18.7 Å². The SMILES string of the molecule is C[C@@H](Oc1nc(F)c(Cl)c(N)c1Cl)C(=O)OC(C)(C)c1ccccc1. The first-order valence-electron chi connectivity index (χ1n) is 7.38. The molecule has 0 saturated carbocycles. The highest BCUT2D eigenvalue weighted by Crippen LogP contribution is 2.36. The summed E-state index contributed by atoms with van der Waals surface area (Å²) >= 11 is 11.5. The molecule has 1 atom stereocenters. The maximum absolute atomic E-state index is 13.6. The number of benzene rings is 1. The van der Waals surface area contributed by atoms with Crippen LogP contribution in [-0.2, 0) is 15.1 Å². The number of aromatic nitrogens is 1. The van der Waals surface area contributed by atoms with Gasteiger partial charge in [-0.05, 0) is 26.3 Å². The van der Waals surface area contributed by atoms with E-state index in [0.717, 1.165) is 5.56 Å². The second kappa shape index (κ2) is 7.45. The average molecular weight is 387 g/mol. The van der Waals surface area contributed by atoms with Gasteiger partial charge in [0.05, 0.1) is 5.69 Å². The van der Waals surface area contributed by atoms with Crippen molar-refractivity contribution in [3.63, 3.8) is 0 Å². The Labute approximate surface area is 154 Å². The Bertz CT molecular complexity index is 785. The standard InChI is InChI=1S/C17H17Cl2FN2O3/c1-9(24-15-12(19)13(21)11(18)14(20)22-15)16(23)25-17(2,3)10-7-5-4-6-8-10/h4-9H,1-3H3,(H2,21,22)/t9-/m1/s1. The highest BCUT2D eigenvalue weighted by molar-refractivity contribution is 6.39. The first kappa shape index (κ1) is 19.3. The van der Waals surface area contributed by atoms with Crippen LogP contribution in [0.2, 0.25) is 10.0 Å². The van der Waals surface area contributed by atoms with Crippen LogP contribution in [0.1, 0.15) is 26.3 Å². The maximum Gasteiger partial charge on any atom is 0.347 e. The van der Waals surface area contributed by atoms with E-state index < -0.39 is 28.6 Å². The molecule has 2 aromatic rings. The summed E-state index contributed by atoms with van der Waals surface area (Å²) in [5.74, 6) is -2.03. The number of halogens is 3. The van der Waals surface area contributed by atoms with Crippen LogP contribution in [0.25, 0.3) is 0 Å². The molecular formula is C17H17Cl2FN2O3. The van der Waals surface area contributed by atoms with Crippen molar-refractivity contribution in [1.82, 2.24) is 4.98 Å². The second-order valence-corrected chi connectivity index (χ2v) is 6.56. The van der Waals surface area contributed by atoms with Gasteiger partial charge in [-0.3, -0.25) is 0 Å². The fraction of sp³-hybridized carbons (Fsp3) is 0.294. The number of esters is 1. The van der Waals surface area contributed by atoms with Crippen LogP contribution in [0, 0.1) is 5.95 Å². The van der Waals surface area contributed by atoms with Gasteiger partial charge in [0, 0.05) is 0 Å². The van der Waals surface area contributed by atoms with Gasteiger partial charge >= 0.3 is 5.97 Å². The van der Waals surface area contributed by atoms with Gasteiger partial charge in [-0.2, -0.15) is 9.37 Å². The topological polar surface area (TPSA) is 74.4 Å². The number of nitrogen functional groups attached to an aromatic ring is 1. The number of ether oxygens (including phenoxy) is 2. The van der Waals surface area contributed by atoms with Crippen molar-refractivity contribution in [3.8, 4) is 5.88 Å². The highest BCUT2D eigenvalue weighted by Gasteiger charge is 2.29. The van der Waals surface area contributed by atoms with Crippen LogP contribution in [0.3, 0.4) is 0 Å². The number of rotatable bonds is 5. The van der Waals surface area contributed by atoms with E-state index in [0.29, 0.717) is 0 Å². The van der Waals surface area contributed by atoms with E-state index in [9.17, 15) is 9.18 Å². The lowest BCUT2D eigenvalue weighted by Crippen LogP contribution is -2.34. The smallest absolute Gasteiger partial charge is 0.347 e. The molecule has 0 aliphatic carbocycles. The number of carbonyl (C=O) groups is 1. The number of nitrogens with two attached hydrogens (primary N) is 1. The molecule has 0 spiro atoms. The normalized spacial score (nSPS) is 12.6. The van der Waals surface area contributed by atoms with Crippen LogP contribution in [0.15, 0.2) is 30.3 Å². The quantitative estimate of drug-likeness (QED) is 0.610. The molecule has 25 heavy (non-hydrogen) atoms. The molecule has 1 aromatic heterocycles. The number of anilines is 1. The molecule has 2 N–H and O–H groups in total. The molecule has 0 aliphatic rings. The number of pyridine rings is 1. The third kappa shape index (κ3) is 4.32. The molecule has 0 amide bonds. The number of carbonyl (C=O) groups excluding carboxylic acids is 1. The molecule has 1 heterocycles. The van der Waals surface area contributed by atoms with Crippen molar-refractivity contribution in [2.75, 3.05) is 5.73 Å². The van der Waals surface area contributed by atoms with E-state index in [-0.39, 0.29) is 16.6 Å². The fourth-order valence-electron chi connectivity index (χ4n) is 2.04. The van der Waals surface area contributed by atoms with Gasteiger partial charge in [-0.1, -0.05) is 53.5 Å². The monoisotopic (exact) mass is 386 g/mol. The van der Waals surface area contributed by atoms with Gasteiger partial charge in [-0.25, -0.2) is 4.79 Å². The van der Waals surface area contributed by atoms with Crippen LogP contribution in [0.4, 0.5) is 10.1 Å². The molecule has 0 radical (unpaired) electrons. The van der Waals surface area contributed by atoms with Gasteiger partial charge < -0.3 is 15.2 Å². The van der Waals surface area contributed by atoms with Crippen molar-refractivity contribution in [2.45, 2.75) is 32.5 Å². The molecule has 1 aromatic carbocycles. The van der Waals surface area contributed by atoms with E-state index in [2.05, 4.69) is 4.98 Å². The minimum absolute atomic E-state index is 0.173. The van der Waals surface area contributed by atoms with Gasteiger partial charge in [0.15, 0.2) is 6.10 Å². The molecule has 8 heteroatoms. The van der Waals surface area contributed by atoms with Gasteiger partial charge in [0.25, 0.3) is 0 Å². The zero-order valence-corrected chi connectivity index (χ0v) is 15.4. The molecule has 0 unspecified atom stereocenters. The Morgan fingerprint density at radius 3 is 2.44 bits per heavy atom. The summed E-state index contributed by atoms with van der Waals surface area (Å²) in [6.45, 7) is 4.93. The molecule has 5 nitrogen and oxygen atoms in total. The first-order valence-corrected chi connectivity index (χ1v) is 8.14. The van der Waals surface area contributed by atoms with Crippen LogP contribution < -0.4 is 10.5 Å². The van der Waals surface area contributed by atoms with E-state index >= 15 is 0 Å². The first-order chi connectivity index (χ1) is 11.6. The number of nitrogens with zero attached hydrogens (tertiary/aromatic N) is 1. The molecule has 0 saturated heterocycles. The molecule has 0 bridgehead atoms. The Morgan fingerprint density at radius 2 is 1.84 bits per heavy atom. The Hall–Kier alpha value is -2.05. The van der Waals surface area contributed by atoms with Gasteiger partial charge in [0.2, 0.25) is 11.8 Å². The fourth-order valence-corrected chi connectivity index (χ4v) is 2.40. The minimum Gasteiger partial charge on any atom is -0.461 e. The summed E-state index contributed by atoms with van der Waals surface area (Å²) in [7, 11) is 0. The van der Waals surface area contributed by atoms with E-state index in [4.69, 9.17) is 38.4 Å². The summed E-state index contributed by atoms with van der Waals surface area (Å²) in [4.78, 5) is 15.8. The molecule has 134 valence electrons. The predicted octanol–water partition coefficient (Wildman–Crippen LogP) is 4.36. The summed E-state index contributed by atoms with van der Waals surface area (Å²) in [5.41, 5.74) is 5.30. The largest absolute Gasteiger partial charge is 0.461 e. The Kier molecular flexibility index (Phi) is 5.75. The summed E-state index contributed by atoms with van der Waals surface area (Å²) < 4.78 is 24.4. The Balaban J connectivity index is 2.14. The van der Waals surface area contributed by atoms with Crippen LogP contribution >= 0.6 is 23.2 Å². The number of hydrogen-bond acceptors (Lipinski definition) is 5. The molecular weight excluding hydrogens is 370 g/mol. The van der Waals surface area contributed by atoms with E-state index in [1.165, 1.54) is 6.92 Å². The van der Waals surface area contributed by atoms with Crippen molar-refractivity contribution in [1.29, 1.82) is 0 Å². The summed E-state index contributed by atoms with van der Waals surface area (Å²) in [6.07, 6.45) is -1.09. The lowest BCUT2D eigenvalue weighted by Gasteiger charge is -2.27. The lowest BCUT2D eigenvalue weighted by atomic mass is 9.98. The van der Waals surface area contributed by atoms with Gasteiger partial charge in [0.1, 0.15) is 15.6 Å². The molecule has 0 fully saturated rings. The second-order valence-electron chi connectivity index (χ2n) is 5.81. The maximum atomic E-state index is 13.6. The van der Waals surface area contributed by atoms with Crippen LogP contribution in [-0.4, -0.2) is 17.1 Å². The third-order valence-electron chi connectivity index (χ3n) is 3.49. The predicted molar refractivity (Wildman–Crippen MR) is 94.3 cm³/mol.